The Labute approximate surface area is 300 Å². The molecule has 0 saturated heterocycles. The van der Waals surface area contributed by atoms with Gasteiger partial charge < -0.3 is 15.2 Å². The predicted molar refractivity (Wildman–Crippen MR) is 196 cm³/mol. The van der Waals surface area contributed by atoms with Crippen LogP contribution >= 0.6 is 11.6 Å². The maximum atomic E-state index is 13.7. The van der Waals surface area contributed by atoms with Gasteiger partial charge in [0.25, 0.3) is 15.9 Å². The highest BCUT2D eigenvalue weighted by atomic mass is 35.5. The Morgan fingerprint density at radius 1 is 0.882 bits per heavy atom. The molecule has 0 aliphatic heterocycles. The Morgan fingerprint density at radius 3 is 2.27 bits per heavy atom. The fourth-order valence-electron chi connectivity index (χ4n) is 5.41. The molecule has 1 heterocycles. The van der Waals surface area contributed by atoms with Crippen LogP contribution < -0.4 is 14.8 Å². The number of Topliss-reactive ketones (excluding diaryl/α,β-unsaturated/α-hetero) is 1. The van der Waals surface area contributed by atoms with Gasteiger partial charge >= 0.3 is 0 Å². The number of aromatic nitrogens is 2. The third-order valence-corrected chi connectivity index (χ3v) is 9.63. The fourth-order valence-corrected chi connectivity index (χ4v) is 6.66. The molecule has 258 valence electrons. The number of ether oxygens (including phenoxy) is 1. The van der Waals surface area contributed by atoms with Gasteiger partial charge in [0.1, 0.15) is 17.6 Å². The number of hydrogen-bond donors (Lipinski definition) is 3. The maximum absolute atomic E-state index is 13.7. The van der Waals surface area contributed by atoms with Crippen LogP contribution in [0.15, 0.2) is 145 Å². The molecule has 1 amide bonds. The number of halogens is 1. The topological polar surface area (TPSA) is 140 Å². The number of aliphatic hydroxyl groups is 1. The minimum Gasteiger partial charge on any atom is -0.457 e. The quantitative estimate of drug-likeness (QED) is 0.116. The van der Waals surface area contributed by atoms with Crippen LogP contribution in [0.3, 0.4) is 0 Å². The fraction of sp³-hybridized carbons (Fsp3) is 0.103. The van der Waals surface area contributed by atoms with Crippen molar-refractivity contribution in [3.63, 3.8) is 0 Å². The van der Waals surface area contributed by atoms with Crippen molar-refractivity contribution in [3.05, 3.63) is 156 Å². The molecule has 5 aromatic carbocycles. The lowest BCUT2D eigenvalue weighted by atomic mass is 9.96. The third kappa shape index (κ3) is 8.53. The third-order valence-electron chi connectivity index (χ3n) is 8.01. The van der Waals surface area contributed by atoms with Gasteiger partial charge in [-0.25, -0.2) is 13.1 Å². The van der Waals surface area contributed by atoms with E-state index >= 15 is 0 Å². The summed E-state index contributed by atoms with van der Waals surface area (Å²) in [5.74, 6) is -0.000102. The number of anilines is 1. The van der Waals surface area contributed by atoms with Gasteiger partial charge in [-0.15, -0.1) is 0 Å². The van der Waals surface area contributed by atoms with Gasteiger partial charge in [-0.05, 0) is 91.2 Å². The summed E-state index contributed by atoms with van der Waals surface area (Å²) in [7, 11) is -4.14. The van der Waals surface area contributed by atoms with Crippen molar-refractivity contribution in [3.8, 4) is 28.3 Å². The summed E-state index contributed by atoms with van der Waals surface area (Å²) in [6, 6.07) is 35.3. The monoisotopic (exact) mass is 720 g/mol. The number of rotatable bonds is 13. The van der Waals surface area contributed by atoms with Crippen LogP contribution in [0.25, 0.3) is 16.8 Å². The highest BCUT2D eigenvalue weighted by Gasteiger charge is 2.27. The van der Waals surface area contributed by atoms with Crippen molar-refractivity contribution in [1.82, 2.24) is 15.1 Å². The Balaban J connectivity index is 1.20. The van der Waals surface area contributed by atoms with E-state index in [4.69, 9.17) is 16.3 Å². The molecule has 0 radical (unpaired) electrons. The van der Waals surface area contributed by atoms with Crippen LogP contribution in [0.4, 0.5) is 5.69 Å². The SMILES string of the molecule is CC(O)C(=O)[C@H](Cc1ccc(-c2ccccc2Oc2ccccc2)cc1)NC(=O)c1cc(Cl)ccc1NS(=O)(=O)c1ccc(-n2cccn2)cc1. The zero-order chi connectivity index (χ0) is 36.0. The molecule has 12 heteroatoms. The molecule has 0 spiro atoms. The number of ketones is 1. The Morgan fingerprint density at radius 2 is 1.59 bits per heavy atom. The molecular formula is C39H33ClN4O6S. The van der Waals surface area contributed by atoms with E-state index in [2.05, 4.69) is 15.1 Å². The zero-order valence-corrected chi connectivity index (χ0v) is 28.9. The summed E-state index contributed by atoms with van der Waals surface area (Å²) in [5.41, 5.74) is 2.97. The van der Waals surface area contributed by atoms with Crippen molar-refractivity contribution in [2.24, 2.45) is 0 Å². The molecule has 1 unspecified atom stereocenters. The first kappa shape index (κ1) is 35.1. The first-order valence-electron chi connectivity index (χ1n) is 15.9. The van der Waals surface area contributed by atoms with Crippen LogP contribution in [-0.2, 0) is 21.2 Å². The van der Waals surface area contributed by atoms with Crippen molar-refractivity contribution in [2.45, 2.75) is 30.4 Å². The van der Waals surface area contributed by atoms with Crippen LogP contribution in [-0.4, -0.2) is 47.1 Å². The van der Waals surface area contributed by atoms with E-state index in [0.717, 1.165) is 11.1 Å². The van der Waals surface area contributed by atoms with Gasteiger partial charge in [-0.1, -0.05) is 72.3 Å². The Kier molecular flexibility index (Phi) is 10.6. The number of sulfonamides is 1. The highest BCUT2D eigenvalue weighted by molar-refractivity contribution is 7.92. The lowest BCUT2D eigenvalue weighted by molar-refractivity contribution is -0.128. The predicted octanol–water partition coefficient (Wildman–Crippen LogP) is 7.08. The minimum atomic E-state index is -4.14. The number of nitrogens with zero attached hydrogens (tertiary/aromatic N) is 2. The Bertz CT molecular complexity index is 2240. The average Bonchev–Trinajstić information content (AvgIpc) is 3.68. The van der Waals surface area contributed by atoms with Crippen LogP contribution in [0, 0.1) is 0 Å². The molecule has 0 aliphatic rings. The van der Waals surface area contributed by atoms with E-state index in [1.807, 2.05) is 78.9 Å². The van der Waals surface area contributed by atoms with Crippen molar-refractivity contribution in [1.29, 1.82) is 0 Å². The summed E-state index contributed by atoms with van der Waals surface area (Å²) in [4.78, 5) is 26.8. The van der Waals surface area contributed by atoms with E-state index in [1.54, 1.807) is 35.3 Å². The van der Waals surface area contributed by atoms with Crippen LogP contribution in [0.5, 0.6) is 11.5 Å². The van der Waals surface area contributed by atoms with Crippen LogP contribution in [0.2, 0.25) is 5.02 Å². The number of carbonyl (C=O) groups excluding carboxylic acids is 2. The van der Waals surface area contributed by atoms with E-state index in [0.29, 0.717) is 22.7 Å². The molecule has 0 bridgehead atoms. The number of aliphatic hydroxyl groups excluding tert-OH is 1. The number of amides is 1. The molecule has 0 saturated carbocycles. The second-order valence-corrected chi connectivity index (χ2v) is 13.8. The molecule has 0 aliphatic carbocycles. The molecule has 51 heavy (non-hydrogen) atoms. The molecule has 2 atom stereocenters. The zero-order valence-electron chi connectivity index (χ0n) is 27.3. The number of benzene rings is 5. The number of para-hydroxylation sites is 2. The van der Waals surface area contributed by atoms with Gasteiger partial charge in [0.05, 0.1) is 27.9 Å². The van der Waals surface area contributed by atoms with Gasteiger partial charge in [0.2, 0.25) is 0 Å². The molecule has 10 nitrogen and oxygen atoms in total. The second kappa shape index (κ2) is 15.4. The summed E-state index contributed by atoms with van der Waals surface area (Å²) in [6.45, 7) is 1.32. The standard InChI is InChI=1S/C39H33ClN4O6S/c1-26(45)38(46)36(24-27-12-14-28(15-13-27)33-10-5-6-11-37(33)50-31-8-3-2-4-9-31)42-39(47)34-25-29(40)16-21-35(34)43-51(48,49)32-19-17-30(18-20-32)44-23-7-22-41-44/h2-23,25-26,36,43,45H,24H2,1H3,(H,42,47)/t26?,36-/m0/s1. The first-order chi connectivity index (χ1) is 24.6. The lowest BCUT2D eigenvalue weighted by Gasteiger charge is -2.21. The minimum absolute atomic E-state index is 0.0421. The van der Waals surface area contributed by atoms with Gasteiger partial charge in [-0.3, -0.25) is 14.3 Å². The van der Waals surface area contributed by atoms with E-state index in [1.165, 1.54) is 37.3 Å². The molecule has 6 rings (SSSR count). The Hall–Kier alpha value is -5.75. The largest absolute Gasteiger partial charge is 0.457 e. The van der Waals surface area contributed by atoms with E-state index in [-0.39, 0.29) is 27.6 Å². The van der Waals surface area contributed by atoms with Crippen molar-refractivity contribution >= 4 is 39.0 Å². The second-order valence-electron chi connectivity index (χ2n) is 11.7. The van der Waals surface area contributed by atoms with Gasteiger partial charge in [0.15, 0.2) is 5.78 Å². The summed E-state index contributed by atoms with van der Waals surface area (Å²) in [5, 5.41) is 17.2. The summed E-state index contributed by atoms with van der Waals surface area (Å²) < 4.78 is 36.9. The van der Waals surface area contributed by atoms with Crippen LogP contribution in [0.1, 0.15) is 22.8 Å². The summed E-state index contributed by atoms with van der Waals surface area (Å²) >= 11 is 6.24. The number of nitrogens with one attached hydrogen (secondary N) is 2. The number of carbonyl (C=O) groups is 2. The molecule has 3 N–H and O–H groups in total. The van der Waals surface area contributed by atoms with Crippen molar-refractivity contribution < 1.29 is 27.9 Å². The smallest absolute Gasteiger partial charge is 0.261 e. The molecule has 0 fully saturated rings. The van der Waals surface area contributed by atoms with E-state index in [9.17, 15) is 23.1 Å². The highest BCUT2D eigenvalue weighted by Crippen LogP contribution is 2.33. The normalized spacial score (nSPS) is 12.5. The molecule has 1 aromatic heterocycles. The molecular weight excluding hydrogens is 688 g/mol. The average molecular weight is 721 g/mol. The van der Waals surface area contributed by atoms with E-state index < -0.39 is 33.9 Å². The van der Waals surface area contributed by atoms with Gasteiger partial charge in [-0.2, -0.15) is 5.10 Å². The lowest BCUT2D eigenvalue weighted by Crippen LogP contribution is -2.46. The van der Waals surface area contributed by atoms with Crippen molar-refractivity contribution in [2.75, 3.05) is 4.72 Å². The summed E-state index contributed by atoms with van der Waals surface area (Å²) in [6.07, 6.45) is 2.02. The molecule has 6 aromatic rings. The maximum Gasteiger partial charge on any atom is 0.261 e. The number of hydrogen-bond acceptors (Lipinski definition) is 7. The first-order valence-corrected chi connectivity index (χ1v) is 17.8. The van der Waals surface area contributed by atoms with Gasteiger partial charge in [0, 0.05) is 23.0 Å².